The summed E-state index contributed by atoms with van der Waals surface area (Å²) in [6.07, 6.45) is 1.58. The molecule has 1 saturated heterocycles. The third kappa shape index (κ3) is 4.27. The summed E-state index contributed by atoms with van der Waals surface area (Å²) in [6, 6.07) is 12.5. The Balaban J connectivity index is 1.24. The highest BCUT2D eigenvalue weighted by molar-refractivity contribution is 5.78. The number of aromatic nitrogens is 2. The van der Waals surface area contributed by atoms with Crippen molar-refractivity contribution in [3.63, 3.8) is 0 Å². The maximum absolute atomic E-state index is 6.48. The lowest BCUT2D eigenvalue weighted by Crippen LogP contribution is -2.46. The molecular weight excluding hydrogens is 404 g/mol. The summed E-state index contributed by atoms with van der Waals surface area (Å²) in [4.78, 5) is 13.5. The molecule has 0 aliphatic carbocycles. The Bertz CT molecular complexity index is 1110. The summed E-state index contributed by atoms with van der Waals surface area (Å²) in [5, 5.41) is 3.36. The fourth-order valence-corrected chi connectivity index (χ4v) is 4.34. The molecule has 1 fully saturated rings. The number of aryl methyl sites for hydroxylation is 2. The van der Waals surface area contributed by atoms with Crippen LogP contribution in [0.1, 0.15) is 16.7 Å². The molecule has 0 unspecified atom stereocenters. The van der Waals surface area contributed by atoms with Crippen LogP contribution >= 0.6 is 0 Å². The summed E-state index contributed by atoms with van der Waals surface area (Å²) in [5.74, 6) is 3.08. The molecule has 32 heavy (non-hydrogen) atoms. The molecule has 2 aliphatic rings. The van der Waals surface area contributed by atoms with E-state index in [1.54, 1.807) is 6.33 Å². The van der Waals surface area contributed by atoms with Gasteiger partial charge in [-0.2, -0.15) is 0 Å². The van der Waals surface area contributed by atoms with E-state index in [1.165, 1.54) is 16.7 Å². The summed E-state index contributed by atoms with van der Waals surface area (Å²) in [7, 11) is 0. The van der Waals surface area contributed by atoms with Crippen molar-refractivity contribution in [2.75, 3.05) is 48.9 Å². The van der Waals surface area contributed by atoms with Crippen molar-refractivity contribution in [1.82, 2.24) is 14.9 Å². The van der Waals surface area contributed by atoms with Gasteiger partial charge in [0.05, 0.1) is 0 Å². The fraction of sp³-hybridized carbons (Fsp3) is 0.333. The Morgan fingerprint density at radius 1 is 0.938 bits per heavy atom. The van der Waals surface area contributed by atoms with Gasteiger partial charge in [-0.3, -0.25) is 4.90 Å². The SMILES string of the molecule is Cc1cc(C)cc(Nc2ncnc(N3CCN(Cc4ccc5c(c4)OCO5)CC3)c2N)c1. The number of ether oxygens (including phenoxy) is 2. The third-order valence-corrected chi connectivity index (χ3v) is 5.86. The van der Waals surface area contributed by atoms with E-state index in [9.17, 15) is 0 Å². The van der Waals surface area contributed by atoms with E-state index in [0.717, 1.165) is 55.7 Å². The Hall–Kier alpha value is -3.52. The maximum atomic E-state index is 6.48. The number of rotatable bonds is 5. The van der Waals surface area contributed by atoms with Gasteiger partial charge in [0.15, 0.2) is 23.1 Å². The van der Waals surface area contributed by atoms with Crippen LogP contribution in [-0.4, -0.2) is 47.8 Å². The Kier molecular flexibility index (Phi) is 5.45. The number of hydrogen-bond acceptors (Lipinski definition) is 8. The molecule has 2 aliphatic heterocycles. The molecule has 8 heteroatoms. The van der Waals surface area contributed by atoms with Crippen molar-refractivity contribution in [3.05, 3.63) is 59.4 Å². The molecule has 2 aromatic carbocycles. The lowest BCUT2D eigenvalue weighted by molar-refractivity contribution is 0.174. The molecule has 0 atom stereocenters. The van der Waals surface area contributed by atoms with Crippen molar-refractivity contribution >= 4 is 23.0 Å². The van der Waals surface area contributed by atoms with Gasteiger partial charge < -0.3 is 25.4 Å². The Morgan fingerprint density at radius 3 is 2.47 bits per heavy atom. The van der Waals surface area contributed by atoms with Crippen LogP contribution in [-0.2, 0) is 6.54 Å². The zero-order chi connectivity index (χ0) is 22.1. The van der Waals surface area contributed by atoms with Crippen molar-refractivity contribution in [1.29, 1.82) is 0 Å². The number of nitrogens with one attached hydrogen (secondary N) is 1. The minimum atomic E-state index is 0.304. The average Bonchev–Trinajstić information content (AvgIpc) is 3.23. The van der Waals surface area contributed by atoms with Crippen LogP contribution in [0.2, 0.25) is 0 Å². The van der Waals surface area contributed by atoms with Gasteiger partial charge in [-0.05, 0) is 54.8 Å². The molecule has 0 saturated carbocycles. The van der Waals surface area contributed by atoms with E-state index in [2.05, 4.69) is 69.3 Å². The molecule has 0 radical (unpaired) electrons. The standard InChI is InChI=1S/C24H28N6O2/c1-16-9-17(2)11-19(10-16)28-23-22(25)24(27-14-26-23)30-7-5-29(6-8-30)13-18-3-4-20-21(12-18)32-15-31-20/h3-4,9-12,14H,5-8,13,15,25H2,1-2H3,(H,26,27,28). The second-order valence-electron chi connectivity index (χ2n) is 8.41. The summed E-state index contributed by atoms with van der Waals surface area (Å²) < 4.78 is 10.9. The van der Waals surface area contributed by atoms with Crippen LogP contribution in [0.5, 0.6) is 11.5 Å². The van der Waals surface area contributed by atoms with Gasteiger partial charge in [0.2, 0.25) is 6.79 Å². The number of nitrogens with zero attached hydrogens (tertiary/aromatic N) is 4. The highest BCUT2D eigenvalue weighted by atomic mass is 16.7. The molecule has 8 nitrogen and oxygen atoms in total. The van der Waals surface area contributed by atoms with Gasteiger partial charge in [-0.1, -0.05) is 12.1 Å². The highest BCUT2D eigenvalue weighted by Crippen LogP contribution is 2.33. The Morgan fingerprint density at radius 2 is 1.69 bits per heavy atom. The molecule has 1 aromatic heterocycles. The van der Waals surface area contributed by atoms with Gasteiger partial charge in [0.1, 0.15) is 12.0 Å². The van der Waals surface area contributed by atoms with Gasteiger partial charge in [-0.15, -0.1) is 0 Å². The van der Waals surface area contributed by atoms with Gasteiger partial charge >= 0.3 is 0 Å². The van der Waals surface area contributed by atoms with Crippen LogP contribution in [0.15, 0.2) is 42.7 Å². The maximum Gasteiger partial charge on any atom is 0.231 e. The number of nitrogens with two attached hydrogens (primary N) is 1. The third-order valence-electron chi connectivity index (χ3n) is 5.86. The van der Waals surface area contributed by atoms with Crippen molar-refractivity contribution in [3.8, 4) is 11.5 Å². The molecule has 0 bridgehead atoms. The van der Waals surface area contributed by atoms with Gasteiger partial charge in [0.25, 0.3) is 0 Å². The monoisotopic (exact) mass is 432 g/mol. The smallest absolute Gasteiger partial charge is 0.231 e. The number of piperazine rings is 1. The first kappa shape index (κ1) is 20.4. The Labute approximate surface area is 188 Å². The fourth-order valence-electron chi connectivity index (χ4n) is 4.34. The number of hydrogen-bond donors (Lipinski definition) is 2. The normalized spacial score (nSPS) is 15.8. The number of fused-ring (bicyclic) bond motifs is 1. The van der Waals surface area contributed by atoms with E-state index in [1.807, 2.05) is 6.07 Å². The van der Waals surface area contributed by atoms with Crippen LogP contribution in [0.25, 0.3) is 0 Å². The minimum absolute atomic E-state index is 0.304. The molecule has 3 heterocycles. The minimum Gasteiger partial charge on any atom is -0.454 e. The molecule has 5 rings (SSSR count). The summed E-state index contributed by atoms with van der Waals surface area (Å²) >= 11 is 0. The summed E-state index contributed by atoms with van der Waals surface area (Å²) in [5.41, 5.74) is 11.7. The highest BCUT2D eigenvalue weighted by Gasteiger charge is 2.22. The first-order valence-electron chi connectivity index (χ1n) is 10.9. The lowest BCUT2D eigenvalue weighted by Gasteiger charge is -2.36. The second kappa shape index (κ2) is 8.55. The molecule has 0 spiro atoms. The predicted molar refractivity (Wildman–Crippen MR) is 126 cm³/mol. The summed E-state index contributed by atoms with van der Waals surface area (Å²) in [6.45, 7) is 8.91. The van der Waals surface area contributed by atoms with Crippen molar-refractivity contribution < 1.29 is 9.47 Å². The topological polar surface area (TPSA) is 88.8 Å². The molecule has 0 amide bonds. The van der Waals surface area contributed by atoms with E-state index >= 15 is 0 Å². The van der Waals surface area contributed by atoms with Crippen molar-refractivity contribution in [2.45, 2.75) is 20.4 Å². The molecule has 3 N–H and O–H groups in total. The van der Waals surface area contributed by atoms with E-state index in [4.69, 9.17) is 15.2 Å². The lowest BCUT2D eigenvalue weighted by atomic mass is 10.1. The largest absolute Gasteiger partial charge is 0.454 e. The zero-order valence-electron chi connectivity index (χ0n) is 18.5. The number of benzene rings is 2. The number of nitrogen functional groups attached to an aromatic ring is 1. The van der Waals surface area contributed by atoms with E-state index in [0.29, 0.717) is 18.3 Å². The van der Waals surface area contributed by atoms with Crippen LogP contribution in [0.4, 0.5) is 23.0 Å². The average molecular weight is 433 g/mol. The van der Waals surface area contributed by atoms with E-state index < -0.39 is 0 Å². The first-order chi connectivity index (χ1) is 15.5. The van der Waals surface area contributed by atoms with Gasteiger partial charge in [-0.25, -0.2) is 9.97 Å². The second-order valence-corrected chi connectivity index (χ2v) is 8.41. The predicted octanol–water partition coefficient (Wildman–Crippen LogP) is 3.47. The van der Waals surface area contributed by atoms with Crippen LogP contribution in [0.3, 0.4) is 0 Å². The first-order valence-corrected chi connectivity index (χ1v) is 10.9. The van der Waals surface area contributed by atoms with E-state index in [-0.39, 0.29) is 0 Å². The van der Waals surface area contributed by atoms with Crippen LogP contribution in [0, 0.1) is 13.8 Å². The van der Waals surface area contributed by atoms with Crippen LogP contribution < -0.4 is 25.4 Å². The zero-order valence-corrected chi connectivity index (χ0v) is 18.5. The molecule has 166 valence electrons. The number of anilines is 4. The van der Waals surface area contributed by atoms with Gasteiger partial charge in [0, 0.05) is 38.4 Å². The van der Waals surface area contributed by atoms with Crippen molar-refractivity contribution in [2.24, 2.45) is 0 Å². The molecule has 3 aromatic rings. The quantitative estimate of drug-likeness (QED) is 0.634. The molecular formula is C24H28N6O2.